The summed E-state index contributed by atoms with van der Waals surface area (Å²) in [6, 6.07) is 0.276. The van der Waals surface area contributed by atoms with Gasteiger partial charge in [-0.05, 0) is 19.9 Å². The minimum atomic E-state index is -1.09. The highest BCUT2D eigenvalue weighted by Crippen LogP contribution is 2.32. The van der Waals surface area contributed by atoms with Gasteiger partial charge in [0.05, 0.1) is 10.6 Å². The lowest BCUT2D eigenvalue weighted by molar-refractivity contribution is -0.140. The molecule has 0 bridgehead atoms. The van der Waals surface area contributed by atoms with Gasteiger partial charge in [-0.2, -0.15) is 0 Å². The molecular formula is C12H13N3O3S3. The largest absolute Gasteiger partial charge is 0.480 e. The molecule has 1 aliphatic rings. The molecule has 0 spiro atoms. The maximum Gasteiger partial charge on any atom is 0.323 e. The summed E-state index contributed by atoms with van der Waals surface area (Å²) in [6.45, 7) is 3.61. The fourth-order valence-electron chi connectivity index (χ4n) is 1.57. The number of aliphatic carboxylic acids is 1. The fourth-order valence-corrected chi connectivity index (χ4v) is 3.63. The van der Waals surface area contributed by atoms with Crippen molar-refractivity contribution in [3.63, 3.8) is 0 Å². The lowest BCUT2D eigenvalue weighted by atomic mass is 10.3. The zero-order valence-electron chi connectivity index (χ0n) is 11.3. The number of carboxylic acid groups (broad SMARTS) is 1. The molecule has 0 saturated carbocycles. The molecule has 0 aliphatic carbocycles. The first kappa shape index (κ1) is 15.9. The third-order valence-corrected chi connectivity index (χ3v) is 4.55. The molecule has 112 valence electrons. The predicted octanol–water partition coefficient (Wildman–Crippen LogP) is 2.25. The number of nitrogens with one attached hydrogen (secondary N) is 1. The first-order valence-electron chi connectivity index (χ1n) is 6.06. The highest BCUT2D eigenvalue weighted by molar-refractivity contribution is 8.26. The Labute approximate surface area is 135 Å². The van der Waals surface area contributed by atoms with Crippen molar-refractivity contribution < 1.29 is 14.7 Å². The molecule has 1 aromatic rings. The maximum absolute atomic E-state index is 12.1. The summed E-state index contributed by atoms with van der Waals surface area (Å²) in [6.07, 6.45) is 1.63. The minimum Gasteiger partial charge on any atom is -0.480 e. The van der Waals surface area contributed by atoms with Crippen molar-refractivity contribution in [1.82, 2.24) is 9.88 Å². The number of hydrogen-bond donors (Lipinski definition) is 2. The Balaban J connectivity index is 2.14. The Bertz CT molecular complexity index is 624. The van der Waals surface area contributed by atoms with Gasteiger partial charge in [0.15, 0.2) is 5.13 Å². The van der Waals surface area contributed by atoms with E-state index in [1.165, 1.54) is 11.3 Å². The van der Waals surface area contributed by atoms with Gasteiger partial charge in [-0.3, -0.25) is 14.5 Å². The summed E-state index contributed by atoms with van der Waals surface area (Å²) in [7, 11) is 0. The van der Waals surface area contributed by atoms with Crippen LogP contribution < -0.4 is 5.32 Å². The maximum atomic E-state index is 12.1. The van der Waals surface area contributed by atoms with Crippen molar-refractivity contribution in [3.8, 4) is 0 Å². The van der Waals surface area contributed by atoms with Crippen LogP contribution in [-0.4, -0.2) is 43.8 Å². The fraction of sp³-hybridized carbons (Fsp3) is 0.333. The second-order valence-corrected chi connectivity index (χ2v) is 7.07. The van der Waals surface area contributed by atoms with Crippen LogP contribution in [0.4, 0.5) is 5.13 Å². The van der Waals surface area contributed by atoms with Gasteiger partial charge < -0.3 is 10.4 Å². The number of thioether (sulfide) groups is 1. The van der Waals surface area contributed by atoms with E-state index in [2.05, 4.69) is 10.3 Å². The van der Waals surface area contributed by atoms with E-state index < -0.39 is 18.4 Å². The minimum absolute atomic E-state index is 0.254. The average Bonchev–Trinajstić information content (AvgIpc) is 2.89. The van der Waals surface area contributed by atoms with Gasteiger partial charge in [-0.25, -0.2) is 4.98 Å². The average molecular weight is 343 g/mol. The van der Waals surface area contributed by atoms with Gasteiger partial charge in [0.1, 0.15) is 10.9 Å². The predicted molar refractivity (Wildman–Crippen MR) is 88.4 cm³/mol. The number of carbonyl (C=O) groups is 2. The second kappa shape index (κ2) is 6.54. The van der Waals surface area contributed by atoms with Crippen LogP contribution in [0.25, 0.3) is 6.08 Å². The van der Waals surface area contributed by atoms with Gasteiger partial charge in [-0.1, -0.05) is 24.0 Å². The summed E-state index contributed by atoms with van der Waals surface area (Å²) in [5.74, 6) is -1.48. The number of hydrogen-bond acceptors (Lipinski definition) is 7. The highest BCUT2D eigenvalue weighted by atomic mass is 32.2. The van der Waals surface area contributed by atoms with Crippen LogP contribution in [0.2, 0.25) is 0 Å². The van der Waals surface area contributed by atoms with Crippen LogP contribution in [0.15, 0.2) is 10.3 Å². The number of aromatic nitrogens is 1. The molecule has 2 rings (SSSR count). The monoisotopic (exact) mass is 343 g/mol. The number of rotatable bonds is 5. The van der Waals surface area contributed by atoms with Gasteiger partial charge >= 0.3 is 5.97 Å². The molecule has 1 amide bonds. The van der Waals surface area contributed by atoms with Crippen molar-refractivity contribution in [3.05, 3.63) is 16.0 Å². The van der Waals surface area contributed by atoms with E-state index in [1.54, 1.807) is 6.08 Å². The standard InChI is InChI=1S/C12H13N3O3S3/c1-6(2)13-11-14-7(5-20-11)3-8-10(18)15(4-9(16)17)12(19)21-8/h3,5-6H,4H2,1-2H3,(H,13,14)(H,16,17). The Morgan fingerprint density at radius 2 is 2.33 bits per heavy atom. The van der Waals surface area contributed by atoms with E-state index in [9.17, 15) is 9.59 Å². The Morgan fingerprint density at radius 3 is 2.95 bits per heavy atom. The summed E-state index contributed by atoms with van der Waals surface area (Å²) >= 11 is 7.56. The number of amides is 1. The van der Waals surface area contributed by atoms with Crippen LogP contribution in [0.5, 0.6) is 0 Å². The van der Waals surface area contributed by atoms with Gasteiger partial charge in [0.25, 0.3) is 5.91 Å². The van der Waals surface area contributed by atoms with Crippen molar-refractivity contribution in [1.29, 1.82) is 0 Å². The molecule has 0 atom stereocenters. The van der Waals surface area contributed by atoms with Crippen LogP contribution in [-0.2, 0) is 9.59 Å². The summed E-state index contributed by atoms with van der Waals surface area (Å²) in [4.78, 5) is 28.6. The SMILES string of the molecule is CC(C)Nc1nc(C=C2SC(=S)N(CC(=O)O)C2=O)cs1. The van der Waals surface area contributed by atoms with Gasteiger partial charge in [0.2, 0.25) is 0 Å². The number of nitrogens with zero attached hydrogens (tertiary/aromatic N) is 2. The highest BCUT2D eigenvalue weighted by Gasteiger charge is 2.33. The lowest BCUT2D eigenvalue weighted by Gasteiger charge is -2.09. The normalized spacial score (nSPS) is 17.1. The van der Waals surface area contributed by atoms with Crippen molar-refractivity contribution in [2.75, 3.05) is 11.9 Å². The first-order valence-corrected chi connectivity index (χ1v) is 8.16. The Hall–Kier alpha value is -1.45. The quantitative estimate of drug-likeness (QED) is 0.627. The van der Waals surface area contributed by atoms with Crippen LogP contribution >= 0.6 is 35.3 Å². The molecule has 1 fully saturated rings. The third kappa shape index (κ3) is 4.02. The molecule has 9 heteroatoms. The molecule has 6 nitrogen and oxygen atoms in total. The second-order valence-electron chi connectivity index (χ2n) is 4.54. The van der Waals surface area contributed by atoms with E-state index >= 15 is 0 Å². The summed E-state index contributed by atoms with van der Waals surface area (Å²) < 4.78 is 0.254. The van der Waals surface area contributed by atoms with Crippen molar-refractivity contribution in [2.45, 2.75) is 19.9 Å². The number of carbonyl (C=O) groups excluding carboxylic acids is 1. The molecular weight excluding hydrogens is 330 g/mol. The molecule has 1 saturated heterocycles. The summed E-state index contributed by atoms with van der Waals surface area (Å²) in [5, 5.41) is 14.6. The first-order chi connectivity index (χ1) is 9.86. The molecule has 0 radical (unpaired) electrons. The van der Waals surface area contributed by atoms with Gasteiger partial charge in [0, 0.05) is 11.4 Å². The van der Waals surface area contributed by atoms with Crippen LogP contribution in [0, 0.1) is 0 Å². The van der Waals surface area contributed by atoms with Crippen LogP contribution in [0.3, 0.4) is 0 Å². The number of anilines is 1. The number of thiazole rings is 1. The molecule has 1 aliphatic heterocycles. The van der Waals surface area contributed by atoms with Crippen molar-refractivity contribution in [2.24, 2.45) is 0 Å². The lowest BCUT2D eigenvalue weighted by Crippen LogP contribution is -2.33. The summed E-state index contributed by atoms with van der Waals surface area (Å²) in [5.41, 5.74) is 0.652. The molecule has 0 unspecified atom stereocenters. The molecule has 1 aromatic heterocycles. The molecule has 21 heavy (non-hydrogen) atoms. The smallest absolute Gasteiger partial charge is 0.323 e. The van der Waals surface area contributed by atoms with E-state index in [0.717, 1.165) is 21.8 Å². The molecule has 0 aromatic carbocycles. The van der Waals surface area contributed by atoms with E-state index in [-0.39, 0.29) is 10.4 Å². The molecule has 2 heterocycles. The third-order valence-electron chi connectivity index (χ3n) is 2.38. The van der Waals surface area contributed by atoms with Crippen LogP contribution in [0.1, 0.15) is 19.5 Å². The topological polar surface area (TPSA) is 82.5 Å². The zero-order chi connectivity index (χ0) is 15.6. The molecule has 2 N–H and O–H groups in total. The Morgan fingerprint density at radius 1 is 1.62 bits per heavy atom. The zero-order valence-corrected chi connectivity index (χ0v) is 13.8. The number of carboxylic acids is 1. The van der Waals surface area contributed by atoms with Gasteiger partial charge in [-0.15, -0.1) is 11.3 Å². The number of thiocarbonyl (C=S) groups is 1. The Kier molecular flexibility index (Phi) is 4.96. The van der Waals surface area contributed by atoms with E-state index in [1.807, 2.05) is 19.2 Å². The van der Waals surface area contributed by atoms with E-state index in [4.69, 9.17) is 17.3 Å². The van der Waals surface area contributed by atoms with E-state index in [0.29, 0.717) is 10.6 Å². The van der Waals surface area contributed by atoms with Crippen molar-refractivity contribution >= 4 is 62.7 Å².